The van der Waals surface area contributed by atoms with Crippen LogP contribution in [0, 0.1) is 0 Å². The predicted octanol–water partition coefficient (Wildman–Crippen LogP) is 2.05. The molecule has 0 aromatic rings. The molecule has 0 atom stereocenters. The molecule has 1 aliphatic carbocycles. The van der Waals surface area contributed by atoms with Crippen LogP contribution < -0.4 is 0 Å². The van der Waals surface area contributed by atoms with Crippen LogP contribution in [-0.4, -0.2) is 50.7 Å². The molecule has 3 N–H and O–H groups in total. The summed E-state index contributed by atoms with van der Waals surface area (Å²) >= 11 is 0. The quantitative estimate of drug-likeness (QED) is 0.594. The highest BCUT2D eigenvalue weighted by molar-refractivity contribution is 5.12. The van der Waals surface area contributed by atoms with Gasteiger partial charge < -0.3 is 15.3 Å². The Labute approximate surface area is 111 Å². The average molecular weight is 336 g/mol. The van der Waals surface area contributed by atoms with Crippen molar-refractivity contribution < 1.29 is 54.8 Å². The van der Waals surface area contributed by atoms with Gasteiger partial charge >= 0.3 is 18.5 Å². The number of hydrogen-bond acceptors (Lipinski definition) is 3. The molecule has 0 aliphatic heterocycles. The Bertz CT molecular complexity index is 340. The summed E-state index contributed by atoms with van der Waals surface area (Å²) < 4.78 is 113. The fourth-order valence-electron chi connectivity index (χ4n) is 2.24. The molecule has 126 valence electrons. The molecule has 0 radical (unpaired) electrons. The van der Waals surface area contributed by atoms with Crippen molar-refractivity contribution >= 4 is 0 Å². The summed E-state index contributed by atoms with van der Waals surface area (Å²) in [5, 5.41) is 27.5. The first-order valence-corrected chi connectivity index (χ1v) is 5.24. The van der Waals surface area contributed by atoms with Gasteiger partial charge in [-0.05, 0) is 0 Å². The average Bonchev–Trinajstić information content (AvgIpc) is 2.09. The Morgan fingerprint density at radius 3 is 0.714 bits per heavy atom. The van der Waals surface area contributed by atoms with E-state index in [1.165, 1.54) is 0 Å². The van der Waals surface area contributed by atoms with Crippen molar-refractivity contribution in [2.75, 3.05) is 0 Å². The van der Waals surface area contributed by atoms with E-state index in [9.17, 15) is 39.5 Å². The zero-order chi connectivity index (χ0) is 17.1. The van der Waals surface area contributed by atoms with Gasteiger partial charge in [0, 0.05) is 19.3 Å². The Morgan fingerprint density at radius 1 is 0.476 bits per heavy atom. The molecule has 0 bridgehead atoms. The van der Waals surface area contributed by atoms with Crippen LogP contribution in [0.25, 0.3) is 0 Å². The summed E-state index contributed by atoms with van der Waals surface area (Å²) in [5.41, 5.74) is -13.6. The van der Waals surface area contributed by atoms with Crippen LogP contribution in [0.2, 0.25) is 0 Å². The summed E-state index contributed by atoms with van der Waals surface area (Å²) in [5.74, 6) is 0. The standard InChI is InChI=1S/C9H9F9O3/c10-7(11,12)4(19)1-5(20,8(13,14)15)3-6(21,2-4)9(16,17)18/h19-21H,1-3H2. The van der Waals surface area contributed by atoms with Crippen LogP contribution >= 0.6 is 0 Å². The first-order valence-electron chi connectivity index (χ1n) is 5.24. The summed E-state index contributed by atoms with van der Waals surface area (Å²) in [6.07, 6.45) is -25.1. The number of halogens is 9. The van der Waals surface area contributed by atoms with Crippen molar-refractivity contribution in [3.8, 4) is 0 Å². The lowest BCUT2D eigenvalue weighted by Crippen LogP contribution is -2.69. The topological polar surface area (TPSA) is 60.7 Å². The molecule has 0 aromatic heterocycles. The molecule has 0 saturated heterocycles. The highest BCUT2D eigenvalue weighted by Crippen LogP contribution is 2.56. The molecule has 1 saturated carbocycles. The molecule has 21 heavy (non-hydrogen) atoms. The third-order valence-electron chi connectivity index (χ3n) is 3.34. The van der Waals surface area contributed by atoms with Crippen LogP contribution in [0.3, 0.4) is 0 Å². The second-order valence-corrected chi connectivity index (χ2v) is 5.12. The lowest BCUT2D eigenvalue weighted by Gasteiger charge is -2.50. The van der Waals surface area contributed by atoms with Gasteiger partial charge in [-0.25, -0.2) is 0 Å². The zero-order valence-electron chi connectivity index (χ0n) is 9.86. The second-order valence-electron chi connectivity index (χ2n) is 5.12. The van der Waals surface area contributed by atoms with Gasteiger partial charge in [0.05, 0.1) is 0 Å². The third-order valence-corrected chi connectivity index (χ3v) is 3.34. The molecule has 0 heterocycles. The Balaban J connectivity index is 3.44. The molecule has 3 nitrogen and oxygen atoms in total. The number of alkyl halides is 9. The van der Waals surface area contributed by atoms with Gasteiger partial charge in [0.25, 0.3) is 0 Å². The first-order chi connectivity index (χ1) is 8.87. The van der Waals surface area contributed by atoms with Gasteiger partial charge in [0.1, 0.15) is 0 Å². The maximum Gasteiger partial charge on any atom is 0.417 e. The van der Waals surface area contributed by atoms with E-state index >= 15 is 0 Å². The van der Waals surface area contributed by atoms with Gasteiger partial charge in [-0.15, -0.1) is 0 Å². The summed E-state index contributed by atoms with van der Waals surface area (Å²) in [6.45, 7) is 0. The van der Waals surface area contributed by atoms with E-state index in [0.29, 0.717) is 0 Å². The maximum absolute atomic E-state index is 12.6. The molecule has 1 rings (SSSR count). The van der Waals surface area contributed by atoms with Gasteiger partial charge in [0.15, 0.2) is 16.8 Å². The van der Waals surface area contributed by atoms with E-state index in [4.69, 9.17) is 15.3 Å². The SMILES string of the molecule is OC1(C(F)(F)F)CC(O)(C(F)(F)F)CC(O)(C(F)(F)F)C1. The zero-order valence-corrected chi connectivity index (χ0v) is 9.86. The molecule has 1 aliphatic rings. The number of aliphatic hydroxyl groups is 3. The minimum absolute atomic E-state index is 2.45. The number of rotatable bonds is 0. The van der Waals surface area contributed by atoms with Gasteiger partial charge in [-0.3, -0.25) is 0 Å². The third kappa shape index (κ3) is 2.93. The lowest BCUT2D eigenvalue weighted by molar-refractivity contribution is -0.384. The maximum atomic E-state index is 12.6. The Morgan fingerprint density at radius 2 is 0.619 bits per heavy atom. The van der Waals surface area contributed by atoms with Crippen molar-refractivity contribution in [1.29, 1.82) is 0 Å². The minimum atomic E-state index is -5.91. The van der Waals surface area contributed by atoms with Gasteiger partial charge in [0.2, 0.25) is 0 Å². The predicted molar refractivity (Wildman–Crippen MR) is 46.9 cm³/mol. The van der Waals surface area contributed by atoms with Crippen LogP contribution in [-0.2, 0) is 0 Å². The molecule has 0 amide bonds. The normalized spacial score (nSPS) is 39.4. The van der Waals surface area contributed by atoms with Crippen LogP contribution in [0.1, 0.15) is 19.3 Å². The molecule has 1 fully saturated rings. The first kappa shape index (κ1) is 18.3. The van der Waals surface area contributed by atoms with E-state index in [1.807, 2.05) is 0 Å². The van der Waals surface area contributed by atoms with E-state index in [0.717, 1.165) is 0 Å². The van der Waals surface area contributed by atoms with Gasteiger partial charge in [-0.2, -0.15) is 39.5 Å². The molecular weight excluding hydrogens is 327 g/mol. The largest absolute Gasteiger partial charge is 0.417 e. The molecule has 0 aromatic carbocycles. The van der Waals surface area contributed by atoms with Crippen molar-refractivity contribution in [2.45, 2.75) is 54.6 Å². The summed E-state index contributed by atoms with van der Waals surface area (Å²) in [4.78, 5) is 0. The van der Waals surface area contributed by atoms with E-state index < -0.39 is 54.6 Å². The van der Waals surface area contributed by atoms with Crippen molar-refractivity contribution in [1.82, 2.24) is 0 Å². The molecule has 0 spiro atoms. The van der Waals surface area contributed by atoms with Crippen molar-refractivity contribution in [3.63, 3.8) is 0 Å². The highest BCUT2D eigenvalue weighted by Gasteiger charge is 2.75. The smallest absolute Gasteiger partial charge is 0.380 e. The summed E-state index contributed by atoms with van der Waals surface area (Å²) in [7, 11) is 0. The van der Waals surface area contributed by atoms with Crippen LogP contribution in [0.15, 0.2) is 0 Å². The molecule has 0 unspecified atom stereocenters. The highest BCUT2D eigenvalue weighted by atomic mass is 19.4. The second kappa shape index (κ2) is 4.38. The fraction of sp³-hybridized carbons (Fsp3) is 1.00. The molecule has 12 heteroatoms. The summed E-state index contributed by atoms with van der Waals surface area (Å²) in [6, 6.07) is 0. The Hall–Kier alpha value is -0.750. The van der Waals surface area contributed by atoms with Crippen LogP contribution in [0.4, 0.5) is 39.5 Å². The van der Waals surface area contributed by atoms with Crippen molar-refractivity contribution in [2.24, 2.45) is 0 Å². The van der Waals surface area contributed by atoms with Crippen LogP contribution in [0.5, 0.6) is 0 Å². The lowest BCUT2D eigenvalue weighted by atomic mass is 9.66. The van der Waals surface area contributed by atoms with E-state index in [2.05, 4.69) is 0 Å². The monoisotopic (exact) mass is 336 g/mol. The van der Waals surface area contributed by atoms with E-state index in [-0.39, 0.29) is 0 Å². The van der Waals surface area contributed by atoms with E-state index in [1.54, 1.807) is 0 Å². The number of hydrogen-bond donors (Lipinski definition) is 3. The van der Waals surface area contributed by atoms with Gasteiger partial charge in [-0.1, -0.05) is 0 Å². The molecular formula is C9H9F9O3. The van der Waals surface area contributed by atoms with Crippen molar-refractivity contribution in [3.05, 3.63) is 0 Å². The fourth-order valence-corrected chi connectivity index (χ4v) is 2.24. The minimum Gasteiger partial charge on any atom is -0.380 e. The Kier molecular flexibility index (Phi) is 3.82.